The molecule has 0 radical (unpaired) electrons. The van der Waals surface area contributed by atoms with E-state index in [2.05, 4.69) is 18.3 Å². The number of nitrogens with one attached hydrogen (secondary N) is 1. The molecule has 0 amide bonds. The van der Waals surface area contributed by atoms with Gasteiger partial charge in [-0.15, -0.1) is 0 Å². The highest BCUT2D eigenvalue weighted by atomic mass is 32.2. The third kappa shape index (κ3) is 6.95. The first-order valence-corrected chi connectivity index (χ1v) is 8.12. The van der Waals surface area contributed by atoms with Crippen molar-refractivity contribution in [3.63, 3.8) is 0 Å². The normalized spacial score (nSPS) is 18.6. The zero-order valence-corrected chi connectivity index (χ0v) is 12.1. The summed E-state index contributed by atoms with van der Waals surface area (Å²) in [6.07, 6.45) is 8.65. The van der Waals surface area contributed by atoms with Gasteiger partial charge in [0.25, 0.3) is 0 Å². The van der Waals surface area contributed by atoms with E-state index < -0.39 is 0 Å². The Morgan fingerprint density at radius 2 is 2.00 bits per heavy atom. The van der Waals surface area contributed by atoms with Gasteiger partial charge in [-0.3, -0.25) is 5.32 Å². The van der Waals surface area contributed by atoms with E-state index in [1.165, 1.54) is 43.6 Å². The summed E-state index contributed by atoms with van der Waals surface area (Å²) in [5, 5.41) is 12.7. The van der Waals surface area contributed by atoms with Gasteiger partial charge in [0.15, 0.2) is 0 Å². The van der Waals surface area contributed by atoms with Crippen LogP contribution in [0.3, 0.4) is 0 Å². The number of unbranched alkanes of at least 4 members (excludes halogenated alkanes) is 2. The van der Waals surface area contributed by atoms with E-state index in [0.29, 0.717) is 6.04 Å². The topological polar surface area (TPSA) is 35.8 Å². The Bertz CT molecular complexity index is 245. The first-order valence-electron chi connectivity index (χ1n) is 6.97. The van der Waals surface area contributed by atoms with E-state index in [9.17, 15) is 5.26 Å². The van der Waals surface area contributed by atoms with Crippen molar-refractivity contribution in [2.45, 2.75) is 70.4 Å². The van der Waals surface area contributed by atoms with Gasteiger partial charge in [0.1, 0.15) is 5.54 Å². The maximum atomic E-state index is 9.22. The maximum absolute atomic E-state index is 9.22. The highest BCUT2D eigenvalue weighted by Gasteiger charge is 2.31. The zero-order valence-electron chi connectivity index (χ0n) is 11.3. The van der Waals surface area contributed by atoms with Crippen molar-refractivity contribution in [3.05, 3.63) is 0 Å². The molecule has 1 atom stereocenters. The Hall–Kier alpha value is -0.200. The molecule has 0 aliphatic heterocycles. The van der Waals surface area contributed by atoms with E-state index >= 15 is 0 Å². The van der Waals surface area contributed by atoms with Gasteiger partial charge in [-0.05, 0) is 50.5 Å². The molecule has 0 aromatic heterocycles. The Kier molecular flexibility index (Phi) is 6.99. The Morgan fingerprint density at radius 3 is 2.59 bits per heavy atom. The molecule has 0 heterocycles. The summed E-state index contributed by atoms with van der Waals surface area (Å²) >= 11 is 2.04. The lowest BCUT2D eigenvalue weighted by Crippen LogP contribution is -2.42. The van der Waals surface area contributed by atoms with Crippen molar-refractivity contribution in [1.82, 2.24) is 5.32 Å². The van der Waals surface area contributed by atoms with E-state index in [-0.39, 0.29) is 5.54 Å². The van der Waals surface area contributed by atoms with Crippen LogP contribution < -0.4 is 5.32 Å². The van der Waals surface area contributed by atoms with Gasteiger partial charge in [0.05, 0.1) is 6.07 Å². The lowest BCUT2D eigenvalue weighted by atomic mass is 9.98. The standard InChI is InChI=1S/C14H26N2S/c1-3-4-5-10-17-11-6-9-14(2,12-15)16-13-7-8-13/h13,16H,3-11H2,1-2H3. The molecule has 1 saturated carbocycles. The van der Waals surface area contributed by atoms with Crippen LogP contribution >= 0.6 is 11.8 Å². The monoisotopic (exact) mass is 254 g/mol. The largest absolute Gasteiger partial charge is 0.297 e. The van der Waals surface area contributed by atoms with Gasteiger partial charge in [0, 0.05) is 6.04 Å². The fraction of sp³-hybridized carbons (Fsp3) is 0.929. The molecule has 98 valence electrons. The van der Waals surface area contributed by atoms with Crippen LogP contribution in [-0.4, -0.2) is 23.1 Å². The molecule has 1 rings (SSSR count). The van der Waals surface area contributed by atoms with Crippen molar-refractivity contribution in [2.24, 2.45) is 0 Å². The first-order chi connectivity index (χ1) is 8.20. The van der Waals surface area contributed by atoms with Gasteiger partial charge >= 0.3 is 0 Å². The van der Waals surface area contributed by atoms with E-state index in [1.807, 2.05) is 18.7 Å². The average Bonchev–Trinajstić information content (AvgIpc) is 3.12. The Labute approximate surface area is 111 Å². The minimum atomic E-state index is -0.287. The van der Waals surface area contributed by atoms with Crippen LogP contribution in [0.15, 0.2) is 0 Å². The van der Waals surface area contributed by atoms with Crippen molar-refractivity contribution >= 4 is 11.8 Å². The average molecular weight is 254 g/mol. The van der Waals surface area contributed by atoms with Crippen molar-refractivity contribution in [1.29, 1.82) is 5.26 Å². The van der Waals surface area contributed by atoms with Gasteiger partial charge < -0.3 is 0 Å². The smallest absolute Gasteiger partial charge is 0.104 e. The summed E-state index contributed by atoms with van der Waals surface area (Å²) in [5.41, 5.74) is -0.287. The SMILES string of the molecule is CCCCCSCCCC(C)(C#N)NC1CC1. The molecule has 17 heavy (non-hydrogen) atoms. The highest BCUT2D eigenvalue weighted by Crippen LogP contribution is 2.24. The van der Waals surface area contributed by atoms with Gasteiger partial charge in [-0.1, -0.05) is 19.8 Å². The van der Waals surface area contributed by atoms with Crippen LogP contribution in [-0.2, 0) is 0 Å². The van der Waals surface area contributed by atoms with E-state index in [1.54, 1.807) is 0 Å². The summed E-state index contributed by atoms with van der Waals surface area (Å²) in [6.45, 7) is 4.29. The van der Waals surface area contributed by atoms with Crippen LogP contribution in [0.25, 0.3) is 0 Å². The summed E-state index contributed by atoms with van der Waals surface area (Å²) < 4.78 is 0. The van der Waals surface area contributed by atoms with Gasteiger partial charge in [0.2, 0.25) is 0 Å². The quantitative estimate of drug-likeness (QED) is 0.603. The molecule has 1 aliphatic rings. The zero-order chi connectivity index (χ0) is 12.6. The second-order valence-electron chi connectivity index (χ2n) is 5.29. The van der Waals surface area contributed by atoms with E-state index in [4.69, 9.17) is 0 Å². The molecule has 1 fully saturated rings. The number of nitriles is 1. The molecule has 0 aromatic carbocycles. The van der Waals surface area contributed by atoms with E-state index in [0.717, 1.165) is 12.8 Å². The van der Waals surface area contributed by atoms with Gasteiger partial charge in [-0.2, -0.15) is 17.0 Å². The molecular formula is C14H26N2S. The lowest BCUT2D eigenvalue weighted by molar-refractivity contribution is 0.412. The highest BCUT2D eigenvalue weighted by molar-refractivity contribution is 7.99. The number of hydrogen-bond donors (Lipinski definition) is 1. The van der Waals surface area contributed by atoms with Gasteiger partial charge in [-0.25, -0.2) is 0 Å². The van der Waals surface area contributed by atoms with Crippen LogP contribution in [0.2, 0.25) is 0 Å². The summed E-state index contributed by atoms with van der Waals surface area (Å²) in [4.78, 5) is 0. The lowest BCUT2D eigenvalue weighted by Gasteiger charge is -2.23. The number of hydrogen-bond acceptors (Lipinski definition) is 3. The number of nitrogens with zero attached hydrogens (tertiary/aromatic N) is 1. The summed E-state index contributed by atoms with van der Waals surface area (Å²) in [6, 6.07) is 3.06. The fourth-order valence-electron chi connectivity index (χ4n) is 1.92. The Morgan fingerprint density at radius 1 is 1.29 bits per heavy atom. The molecule has 0 saturated heterocycles. The second kappa shape index (κ2) is 8.00. The van der Waals surface area contributed by atoms with Crippen molar-refractivity contribution in [2.75, 3.05) is 11.5 Å². The first kappa shape index (κ1) is 14.9. The fourth-order valence-corrected chi connectivity index (χ4v) is 2.88. The van der Waals surface area contributed by atoms with Crippen LogP contribution in [0.5, 0.6) is 0 Å². The molecule has 2 nitrogen and oxygen atoms in total. The summed E-state index contributed by atoms with van der Waals surface area (Å²) in [5.74, 6) is 2.49. The molecule has 1 unspecified atom stereocenters. The third-order valence-corrected chi connectivity index (χ3v) is 4.36. The minimum absolute atomic E-state index is 0.287. The van der Waals surface area contributed by atoms with Crippen LogP contribution in [0, 0.1) is 11.3 Å². The maximum Gasteiger partial charge on any atom is 0.104 e. The van der Waals surface area contributed by atoms with Crippen LogP contribution in [0.1, 0.15) is 58.8 Å². The molecule has 0 bridgehead atoms. The number of rotatable bonds is 10. The second-order valence-corrected chi connectivity index (χ2v) is 6.51. The molecular weight excluding hydrogens is 228 g/mol. The van der Waals surface area contributed by atoms with Crippen LogP contribution in [0.4, 0.5) is 0 Å². The predicted octanol–water partition coefficient (Wildman–Crippen LogP) is 3.72. The van der Waals surface area contributed by atoms with Crippen molar-refractivity contribution < 1.29 is 0 Å². The van der Waals surface area contributed by atoms with Crippen molar-refractivity contribution in [3.8, 4) is 6.07 Å². The number of thioether (sulfide) groups is 1. The molecule has 1 aliphatic carbocycles. The molecule has 1 N–H and O–H groups in total. The summed E-state index contributed by atoms with van der Waals surface area (Å²) in [7, 11) is 0. The molecule has 3 heteroatoms. The minimum Gasteiger partial charge on any atom is -0.297 e. The third-order valence-electron chi connectivity index (χ3n) is 3.20. The molecule has 0 aromatic rings. The molecule has 0 spiro atoms. The Balaban J connectivity index is 2.01. The predicted molar refractivity (Wildman–Crippen MR) is 76.3 cm³/mol.